The molecule has 0 bridgehead atoms. The van der Waals surface area contributed by atoms with Crippen LogP contribution in [-0.4, -0.2) is 27.8 Å². The van der Waals surface area contributed by atoms with E-state index in [1.807, 2.05) is 5.32 Å². The van der Waals surface area contributed by atoms with Gasteiger partial charge in [0.2, 0.25) is 0 Å². The van der Waals surface area contributed by atoms with Crippen LogP contribution in [0.5, 0.6) is 0 Å². The van der Waals surface area contributed by atoms with Crippen molar-refractivity contribution in [2.24, 2.45) is 5.73 Å². The van der Waals surface area contributed by atoms with Gasteiger partial charge in [-0.2, -0.15) is 18.3 Å². The van der Waals surface area contributed by atoms with Crippen molar-refractivity contribution >= 4 is 11.7 Å². The molecule has 8 heteroatoms. The van der Waals surface area contributed by atoms with Crippen molar-refractivity contribution < 1.29 is 18.0 Å². The minimum Gasteiger partial charge on any atom is -0.310 e. The highest BCUT2D eigenvalue weighted by atomic mass is 19.4. The summed E-state index contributed by atoms with van der Waals surface area (Å²) in [7, 11) is 0. The lowest BCUT2D eigenvalue weighted by Crippen LogP contribution is -2.59. The van der Waals surface area contributed by atoms with Crippen molar-refractivity contribution in [1.82, 2.24) is 10.2 Å². The van der Waals surface area contributed by atoms with Crippen molar-refractivity contribution in [3.05, 3.63) is 11.8 Å². The Hall–Kier alpha value is -1.57. The Morgan fingerprint density at radius 1 is 1.56 bits per heavy atom. The zero-order valence-corrected chi connectivity index (χ0v) is 8.64. The molecule has 0 saturated heterocycles. The second kappa shape index (κ2) is 3.78. The van der Waals surface area contributed by atoms with Crippen molar-refractivity contribution in [3.63, 3.8) is 0 Å². The maximum absolute atomic E-state index is 12.4. The van der Waals surface area contributed by atoms with E-state index in [0.29, 0.717) is 12.6 Å². The number of anilines is 1. The fourth-order valence-electron chi connectivity index (χ4n) is 0.857. The Balaban J connectivity index is 2.80. The maximum Gasteiger partial charge on any atom is 0.415 e. The number of carbonyl (C=O) groups is 1. The van der Waals surface area contributed by atoms with Gasteiger partial charge in [0, 0.05) is 11.8 Å². The fraction of sp³-hybridized carbons (Fsp3) is 0.500. The van der Waals surface area contributed by atoms with Gasteiger partial charge in [-0.15, -0.1) is 0 Å². The van der Waals surface area contributed by atoms with Gasteiger partial charge in [0.1, 0.15) is 0 Å². The summed E-state index contributed by atoms with van der Waals surface area (Å²) >= 11 is 0. The molecule has 1 atom stereocenters. The normalized spacial score (nSPS) is 15.6. The highest BCUT2D eigenvalue weighted by Gasteiger charge is 2.54. The summed E-state index contributed by atoms with van der Waals surface area (Å²) in [5.74, 6) is -1.35. The van der Waals surface area contributed by atoms with E-state index in [9.17, 15) is 18.0 Å². The van der Waals surface area contributed by atoms with Crippen LogP contribution in [0.3, 0.4) is 0 Å². The predicted molar refractivity (Wildman–Crippen MR) is 50.6 cm³/mol. The number of nitrogens with one attached hydrogen (secondary N) is 2. The number of H-pyrrole nitrogens is 1. The number of aromatic amines is 1. The molecular weight excluding hydrogens is 225 g/mol. The molecule has 4 N–H and O–H groups in total. The molecule has 1 heterocycles. The van der Waals surface area contributed by atoms with Gasteiger partial charge in [0.25, 0.3) is 5.91 Å². The van der Waals surface area contributed by atoms with E-state index in [1.54, 1.807) is 6.92 Å². The number of nitrogens with two attached hydrogens (primary N) is 1. The monoisotopic (exact) mass is 236 g/mol. The van der Waals surface area contributed by atoms with Gasteiger partial charge < -0.3 is 11.1 Å². The summed E-state index contributed by atoms with van der Waals surface area (Å²) in [5.41, 5.74) is 2.58. The molecule has 0 saturated carbocycles. The molecule has 0 aliphatic heterocycles. The minimum atomic E-state index is -4.82. The molecule has 16 heavy (non-hydrogen) atoms. The maximum atomic E-state index is 12.4. The Bertz CT molecular complexity index is 396. The quantitative estimate of drug-likeness (QED) is 0.714. The van der Waals surface area contributed by atoms with Gasteiger partial charge in [-0.05, 0) is 13.8 Å². The third-order valence-corrected chi connectivity index (χ3v) is 2.01. The van der Waals surface area contributed by atoms with Crippen LogP contribution in [0.25, 0.3) is 0 Å². The zero-order chi connectivity index (χ0) is 12.6. The topological polar surface area (TPSA) is 83.8 Å². The van der Waals surface area contributed by atoms with Crippen LogP contribution < -0.4 is 11.1 Å². The molecule has 1 rings (SSSR count). The van der Waals surface area contributed by atoms with E-state index >= 15 is 0 Å². The first kappa shape index (κ1) is 12.5. The number of amides is 1. The number of aryl methyl sites for hydroxylation is 1. The zero-order valence-electron chi connectivity index (χ0n) is 8.64. The summed E-state index contributed by atoms with van der Waals surface area (Å²) in [5, 5.41) is 8.03. The van der Waals surface area contributed by atoms with E-state index in [0.717, 1.165) is 0 Å². The number of halogens is 3. The lowest BCUT2D eigenvalue weighted by Gasteiger charge is -2.25. The Kier molecular flexibility index (Phi) is 2.95. The molecule has 0 aliphatic rings. The average molecular weight is 236 g/mol. The fourth-order valence-corrected chi connectivity index (χ4v) is 0.857. The number of hydrogen-bond donors (Lipinski definition) is 3. The standard InChI is InChI=1S/C8H11F3N4O/c1-4-3-5(15-14-4)13-6(16)7(2,12)8(9,10)11/h3H,12H2,1-2H3,(H2,13,14,15,16). The van der Waals surface area contributed by atoms with Crippen molar-refractivity contribution in [2.75, 3.05) is 5.32 Å². The first-order valence-corrected chi connectivity index (χ1v) is 4.33. The van der Waals surface area contributed by atoms with Crippen LogP contribution in [-0.2, 0) is 4.79 Å². The molecule has 90 valence electrons. The lowest BCUT2D eigenvalue weighted by molar-refractivity contribution is -0.184. The summed E-state index contributed by atoms with van der Waals surface area (Å²) < 4.78 is 37.1. The average Bonchev–Trinajstić information content (AvgIpc) is 2.49. The first-order chi connectivity index (χ1) is 7.14. The Morgan fingerprint density at radius 2 is 2.12 bits per heavy atom. The number of aromatic nitrogens is 2. The summed E-state index contributed by atoms with van der Waals surface area (Å²) in [6.07, 6.45) is -4.82. The van der Waals surface area contributed by atoms with Gasteiger partial charge in [0.05, 0.1) is 0 Å². The third kappa shape index (κ3) is 2.32. The van der Waals surface area contributed by atoms with E-state index in [4.69, 9.17) is 5.73 Å². The molecule has 0 spiro atoms. The number of carbonyl (C=O) groups excluding carboxylic acids is 1. The highest BCUT2D eigenvalue weighted by Crippen LogP contribution is 2.28. The number of alkyl halides is 3. The van der Waals surface area contributed by atoms with Crippen molar-refractivity contribution in [3.8, 4) is 0 Å². The van der Waals surface area contributed by atoms with Gasteiger partial charge >= 0.3 is 6.18 Å². The van der Waals surface area contributed by atoms with Crippen molar-refractivity contribution in [1.29, 1.82) is 0 Å². The molecule has 0 aliphatic carbocycles. The third-order valence-electron chi connectivity index (χ3n) is 2.01. The molecule has 0 aromatic carbocycles. The number of nitrogens with zero attached hydrogens (tertiary/aromatic N) is 1. The minimum absolute atomic E-state index is 0.00317. The molecule has 0 radical (unpaired) electrons. The van der Waals surface area contributed by atoms with Crippen LogP contribution >= 0.6 is 0 Å². The van der Waals surface area contributed by atoms with Crippen LogP contribution in [0, 0.1) is 6.92 Å². The van der Waals surface area contributed by atoms with Gasteiger partial charge in [-0.25, -0.2) is 0 Å². The first-order valence-electron chi connectivity index (χ1n) is 4.33. The molecular formula is C8H11F3N4O. The highest BCUT2D eigenvalue weighted by molar-refractivity contribution is 5.97. The van der Waals surface area contributed by atoms with E-state index in [1.165, 1.54) is 6.07 Å². The molecule has 0 fully saturated rings. The molecule has 1 amide bonds. The summed E-state index contributed by atoms with van der Waals surface area (Å²) in [6.45, 7) is 2.25. The Morgan fingerprint density at radius 3 is 2.50 bits per heavy atom. The second-order valence-electron chi connectivity index (χ2n) is 3.59. The molecule has 1 aromatic heterocycles. The van der Waals surface area contributed by atoms with Crippen molar-refractivity contribution in [2.45, 2.75) is 25.6 Å². The number of hydrogen-bond acceptors (Lipinski definition) is 3. The van der Waals surface area contributed by atoms with Crippen LogP contribution in [0.1, 0.15) is 12.6 Å². The SMILES string of the molecule is Cc1cc(NC(=O)C(C)(N)C(F)(F)F)n[nH]1. The number of rotatable bonds is 2. The van der Waals surface area contributed by atoms with E-state index < -0.39 is 17.6 Å². The molecule has 1 aromatic rings. The van der Waals surface area contributed by atoms with Crippen LogP contribution in [0.2, 0.25) is 0 Å². The van der Waals surface area contributed by atoms with Gasteiger partial charge in [-0.3, -0.25) is 9.89 Å². The van der Waals surface area contributed by atoms with Gasteiger partial charge in [-0.1, -0.05) is 0 Å². The van der Waals surface area contributed by atoms with E-state index in [-0.39, 0.29) is 5.82 Å². The second-order valence-corrected chi connectivity index (χ2v) is 3.59. The summed E-state index contributed by atoms with van der Waals surface area (Å²) in [4.78, 5) is 11.3. The van der Waals surface area contributed by atoms with Crippen LogP contribution in [0.4, 0.5) is 19.0 Å². The van der Waals surface area contributed by atoms with Gasteiger partial charge in [0.15, 0.2) is 11.4 Å². The summed E-state index contributed by atoms with van der Waals surface area (Å²) in [6, 6.07) is 1.39. The molecule has 1 unspecified atom stereocenters. The van der Waals surface area contributed by atoms with E-state index in [2.05, 4.69) is 10.2 Å². The lowest BCUT2D eigenvalue weighted by atomic mass is 10.0. The Labute approximate surface area is 89.2 Å². The largest absolute Gasteiger partial charge is 0.415 e. The predicted octanol–water partition coefficient (Wildman–Crippen LogP) is 0.936. The molecule has 5 nitrogen and oxygen atoms in total. The smallest absolute Gasteiger partial charge is 0.310 e. The van der Waals surface area contributed by atoms with Crippen LogP contribution in [0.15, 0.2) is 6.07 Å².